The Morgan fingerprint density at radius 2 is 2.00 bits per heavy atom. The largest absolute Gasteiger partial charge is 0.406 e. The maximum atomic E-state index is 12.4. The summed E-state index contributed by atoms with van der Waals surface area (Å²) in [6, 6.07) is 1.47. The molecule has 0 aliphatic heterocycles. The quantitative estimate of drug-likeness (QED) is 0.896. The standard InChI is InChI=1S/C11H12F3N3O/c1-2-16-4-3-8-9(10(16)18)7(15)5-17(8)6-11(12,13)14/h3-5H,2,6,15H2,1H3. The van der Waals surface area contributed by atoms with Crippen LogP contribution in [0.2, 0.25) is 0 Å². The molecule has 0 atom stereocenters. The van der Waals surface area contributed by atoms with Crippen molar-refractivity contribution in [2.24, 2.45) is 0 Å². The Morgan fingerprint density at radius 1 is 1.33 bits per heavy atom. The number of rotatable bonds is 2. The van der Waals surface area contributed by atoms with Crippen LogP contribution in [0, 0.1) is 0 Å². The second-order valence-electron chi connectivity index (χ2n) is 3.99. The molecule has 2 aromatic rings. The van der Waals surface area contributed by atoms with Crippen molar-refractivity contribution in [1.29, 1.82) is 0 Å². The molecule has 4 nitrogen and oxygen atoms in total. The monoisotopic (exact) mass is 259 g/mol. The van der Waals surface area contributed by atoms with Crippen molar-refractivity contribution in [3.05, 3.63) is 28.8 Å². The summed E-state index contributed by atoms with van der Waals surface area (Å²) >= 11 is 0. The Morgan fingerprint density at radius 3 is 2.56 bits per heavy atom. The number of alkyl halides is 3. The fraction of sp³-hybridized carbons (Fsp3) is 0.364. The number of pyridine rings is 1. The molecular formula is C11H12F3N3O. The highest BCUT2D eigenvalue weighted by molar-refractivity contribution is 5.90. The smallest absolute Gasteiger partial charge is 0.397 e. The summed E-state index contributed by atoms with van der Waals surface area (Å²) in [4.78, 5) is 11.9. The summed E-state index contributed by atoms with van der Waals surface area (Å²) in [6.45, 7) is 1.06. The van der Waals surface area contributed by atoms with Gasteiger partial charge in [0.2, 0.25) is 0 Å². The van der Waals surface area contributed by atoms with Crippen molar-refractivity contribution in [3.63, 3.8) is 0 Å². The van der Waals surface area contributed by atoms with E-state index in [0.717, 1.165) is 10.8 Å². The van der Waals surface area contributed by atoms with Crippen LogP contribution in [-0.2, 0) is 13.1 Å². The molecule has 18 heavy (non-hydrogen) atoms. The van der Waals surface area contributed by atoms with E-state index in [0.29, 0.717) is 6.54 Å². The van der Waals surface area contributed by atoms with Crippen LogP contribution in [0.4, 0.5) is 18.9 Å². The van der Waals surface area contributed by atoms with Gasteiger partial charge in [0.05, 0.1) is 16.6 Å². The van der Waals surface area contributed by atoms with E-state index in [4.69, 9.17) is 5.73 Å². The van der Waals surface area contributed by atoms with Gasteiger partial charge >= 0.3 is 6.18 Å². The highest BCUT2D eigenvalue weighted by Crippen LogP contribution is 2.25. The SMILES string of the molecule is CCn1ccc2c(c(N)cn2CC(F)(F)F)c1=O. The van der Waals surface area contributed by atoms with E-state index in [-0.39, 0.29) is 22.1 Å². The number of nitrogens with zero attached hydrogens (tertiary/aromatic N) is 2. The maximum absolute atomic E-state index is 12.4. The summed E-state index contributed by atoms with van der Waals surface area (Å²) in [6.07, 6.45) is -1.73. The number of aryl methyl sites for hydroxylation is 1. The van der Waals surface area contributed by atoms with Crippen molar-refractivity contribution in [2.75, 3.05) is 5.73 Å². The average molecular weight is 259 g/mol. The average Bonchev–Trinajstić information content (AvgIpc) is 2.54. The van der Waals surface area contributed by atoms with Crippen LogP contribution in [0.25, 0.3) is 10.9 Å². The van der Waals surface area contributed by atoms with Gasteiger partial charge in [0, 0.05) is 18.9 Å². The third-order valence-corrected chi connectivity index (χ3v) is 2.73. The second-order valence-corrected chi connectivity index (χ2v) is 3.99. The van der Waals surface area contributed by atoms with E-state index in [1.54, 1.807) is 6.92 Å². The number of aromatic nitrogens is 2. The van der Waals surface area contributed by atoms with Crippen LogP contribution in [0.15, 0.2) is 23.3 Å². The minimum absolute atomic E-state index is 0.0713. The number of nitrogens with two attached hydrogens (primary N) is 1. The first kappa shape index (κ1) is 12.5. The van der Waals surface area contributed by atoms with Gasteiger partial charge in [-0.2, -0.15) is 13.2 Å². The molecule has 0 aliphatic carbocycles. The van der Waals surface area contributed by atoms with Crippen molar-refractivity contribution in [1.82, 2.24) is 9.13 Å². The molecule has 2 N–H and O–H groups in total. The lowest BCUT2D eigenvalue weighted by atomic mass is 10.3. The van der Waals surface area contributed by atoms with Gasteiger partial charge < -0.3 is 14.9 Å². The lowest BCUT2D eigenvalue weighted by molar-refractivity contribution is -0.139. The van der Waals surface area contributed by atoms with Gasteiger partial charge in [-0.1, -0.05) is 0 Å². The highest BCUT2D eigenvalue weighted by atomic mass is 19.4. The number of fused-ring (bicyclic) bond motifs is 1. The van der Waals surface area contributed by atoms with Crippen molar-refractivity contribution < 1.29 is 13.2 Å². The molecule has 0 spiro atoms. The number of hydrogen-bond acceptors (Lipinski definition) is 2. The molecule has 2 heterocycles. The molecule has 0 saturated carbocycles. The predicted molar refractivity (Wildman–Crippen MR) is 62.3 cm³/mol. The van der Waals surface area contributed by atoms with Gasteiger partial charge in [-0.3, -0.25) is 4.79 Å². The van der Waals surface area contributed by atoms with Gasteiger partial charge in [-0.25, -0.2) is 0 Å². The summed E-state index contributed by atoms with van der Waals surface area (Å²) in [5.74, 6) is 0. The molecule has 98 valence electrons. The summed E-state index contributed by atoms with van der Waals surface area (Å²) < 4.78 is 39.5. The topological polar surface area (TPSA) is 52.9 Å². The van der Waals surface area contributed by atoms with Crippen LogP contribution in [-0.4, -0.2) is 15.3 Å². The fourth-order valence-corrected chi connectivity index (χ4v) is 1.95. The minimum atomic E-state index is -4.35. The molecule has 7 heteroatoms. The van der Waals surface area contributed by atoms with E-state index in [9.17, 15) is 18.0 Å². The third-order valence-electron chi connectivity index (χ3n) is 2.73. The Labute approximate surface area is 100 Å². The molecule has 0 radical (unpaired) electrons. The second kappa shape index (κ2) is 4.08. The Hall–Kier alpha value is -1.92. The van der Waals surface area contributed by atoms with Gasteiger partial charge in [0.15, 0.2) is 0 Å². The van der Waals surface area contributed by atoms with E-state index in [1.807, 2.05) is 0 Å². The molecule has 0 unspecified atom stereocenters. The van der Waals surface area contributed by atoms with Gasteiger partial charge in [-0.05, 0) is 13.0 Å². The van der Waals surface area contributed by atoms with Crippen LogP contribution < -0.4 is 11.3 Å². The molecule has 0 amide bonds. The normalized spacial score (nSPS) is 12.2. The predicted octanol–water partition coefficient (Wildman–Crippen LogP) is 1.97. The van der Waals surface area contributed by atoms with Crippen LogP contribution in [0.1, 0.15) is 6.92 Å². The summed E-state index contributed by atoms with van der Waals surface area (Å²) in [5, 5.41) is 0.142. The Balaban J connectivity index is 2.67. The van der Waals surface area contributed by atoms with Gasteiger partial charge in [-0.15, -0.1) is 0 Å². The van der Waals surface area contributed by atoms with Crippen molar-refractivity contribution >= 4 is 16.6 Å². The zero-order valence-electron chi connectivity index (χ0n) is 9.66. The highest BCUT2D eigenvalue weighted by Gasteiger charge is 2.29. The van der Waals surface area contributed by atoms with E-state index >= 15 is 0 Å². The zero-order valence-corrected chi connectivity index (χ0v) is 9.66. The zero-order chi connectivity index (χ0) is 13.5. The summed E-state index contributed by atoms with van der Waals surface area (Å²) in [5.41, 5.74) is 5.53. The molecule has 2 rings (SSSR count). The Bertz CT molecular complexity index is 639. The van der Waals surface area contributed by atoms with Crippen molar-refractivity contribution in [2.45, 2.75) is 26.2 Å². The number of nitrogen functional groups attached to an aromatic ring is 1. The maximum Gasteiger partial charge on any atom is 0.406 e. The van der Waals surface area contributed by atoms with Crippen LogP contribution in [0.3, 0.4) is 0 Å². The molecule has 0 saturated heterocycles. The van der Waals surface area contributed by atoms with E-state index in [1.165, 1.54) is 16.8 Å². The molecular weight excluding hydrogens is 247 g/mol. The fourth-order valence-electron chi connectivity index (χ4n) is 1.95. The van der Waals surface area contributed by atoms with Gasteiger partial charge in [0.1, 0.15) is 6.54 Å². The number of halogens is 3. The first-order valence-corrected chi connectivity index (χ1v) is 5.38. The van der Waals surface area contributed by atoms with Crippen molar-refractivity contribution in [3.8, 4) is 0 Å². The number of anilines is 1. The molecule has 0 aromatic carbocycles. The third kappa shape index (κ3) is 2.07. The summed E-state index contributed by atoms with van der Waals surface area (Å²) in [7, 11) is 0. The molecule has 0 fully saturated rings. The number of hydrogen-bond donors (Lipinski definition) is 1. The lowest BCUT2D eigenvalue weighted by Gasteiger charge is -2.09. The molecule has 0 aliphatic rings. The Kier molecular flexibility index (Phi) is 2.84. The van der Waals surface area contributed by atoms with E-state index in [2.05, 4.69) is 0 Å². The minimum Gasteiger partial charge on any atom is -0.397 e. The first-order chi connectivity index (χ1) is 8.33. The first-order valence-electron chi connectivity index (χ1n) is 5.38. The lowest BCUT2D eigenvalue weighted by Crippen LogP contribution is -2.20. The molecule has 2 aromatic heterocycles. The van der Waals surface area contributed by atoms with Gasteiger partial charge in [0.25, 0.3) is 5.56 Å². The van der Waals surface area contributed by atoms with Crippen LogP contribution in [0.5, 0.6) is 0 Å². The van der Waals surface area contributed by atoms with Crippen LogP contribution >= 0.6 is 0 Å². The molecule has 0 bridgehead atoms. The van der Waals surface area contributed by atoms with E-state index < -0.39 is 12.7 Å².